The molecule has 0 N–H and O–H groups in total. The SMILES string of the molecule is CC(=O)O[C@@H]1CC[C@@]2(C)[C@@H]3CC[C@]4(C)[C@H]5[C@H](C)[C@@H](C)CC[C@@]5(C)CC[C@@]4(C)C3=CC[C@@H]2C1(C)C. The van der Waals surface area contributed by atoms with Crippen LogP contribution >= 0.6 is 0 Å². The second-order valence-electron chi connectivity index (χ2n) is 15.3. The van der Waals surface area contributed by atoms with Gasteiger partial charge >= 0.3 is 5.97 Å². The van der Waals surface area contributed by atoms with E-state index in [1.807, 2.05) is 5.57 Å². The minimum Gasteiger partial charge on any atom is -0.462 e. The molecule has 5 aliphatic rings. The minimum atomic E-state index is -0.115. The van der Waals surface area contributed by atoms with E-state index in [0.717, 1.165) is 30.6 Å². The van der Waals surface area contributed by atoms with Crippen molar-refractivity contribution in [1.29, 1.82) is 0 Å². The van der Waals surface area contributed by atoms with Gasteiger partial charge in [-0.05, 0) is 109 Å². The summed E-state index contributed by atoms with van der Waals surface area (Å²) < 4.78 is 5.89. The van der Waals surface area contributed by atoms with E-state index in [1.54, 1.807) is 6.92 Å². The van der Waals surface area contributed by atoms with Crippen molar-refractivity contribution in [1.82, 2.24) is 0 Å². The maximum absolute atomic E-state index is 11.9. The number of rotatable bonds is 1. The molecule has 0 saturated heterocycles. The van der Waals surface area contributed by atoms with Crippen LogP contribution in [0.1, 0.15) is 120 Å². The highest BCUT2D eigenvalue weighted by atomic mass is 16.5. The Bertz CT molecular complexity index is 885. The number of esters is 1. The number of carbonyl (C=O) groups is 1. The summed E-state index contributed by atoms with van der Waals surface area (Å²) >= 11 is 0. The number of hydrogen-bond donors (Lipinski definition) is 0. The molecule has 4 fully saturated rings. The predicted octanol–water partition coefficient (Wildman–Crippen LogP) is 8.60. The van der Waals surface area contributed by atoms with Crippen molar-refractivity contribution in [3.63, 3.8) is 0 Å². The van der Waals surface area contributed by atoms with Crippen molar-refractivity contribution in [3.8, 4) is 0 Å². The molecule has 5 rings (SSSR count). The predicted molar refractivity (Wildman–Crippen MR) is 140 cm³/mol. The van der Waals surface area contributed by atoms with Gasteiger partial charge in [0.2, 0.25) is 0 Å². The van der Waals surface area contributed by atoms with Crippen molar-refractivity contribution in [3.05, 3.63) is 11.6 Å². The summed E-state index contributed by atoms with van der Waals surface area (Å²) in [5.41, 5.74) is 3.45. The molecule has 0 radical (unpaired) electrons. The van der Waals surface area contributed by atoms with E-state index in [-0.39, 0.29) is 17.5 Å². The first-order valence-corrected chi connectivity index (χ1v) is 14.6. The summed E-state index contributed by atoms with van der Waals surface area (Å²) in [6, 6.07) is 0. The second kappa shape index (κ2) is 7.61. The van der Waals surface area contributed by atoms with Crippen LogP contribution in [-0.4, -0.2) is 12.1 Å². The van der Waals surface area contributed by atoms with E-state index in [1.165, 1.54) is 44.9 Å². The van der Waals surface area contributed by atoms with Gasteiger partial charge in [-0.1, -0.05) is 67.0 Å². The van der Waals surface area contributed by atoms with E-state index in [2.05, 4.69) is 61.5 Å². The third kappa shape index (κ3) is 3.08. The van der Waals surface area contributed by atoms with Gasteiger partial charge in [-0.15, -0.1) is 0 Å². The van der Waals surface area contributed by atoms with Gasteiger partial charge < -0.3 is 4.74 Å². The number of allylic oxidation sites excluding steroid dienone is 2. The molecule has 0 aromatic carbocycles. The van der Waals surface area contributed by atoms with Crippen LogP contribution in [-0.2, 0) is 9.53 Å². The number of carbonyl (C=O) groups excluding carboxylic acids is 1. The lowest BCUT2D eigenvalue weighted by Gasteiger charge is -2.71. The molecule has 2 heteroatoms. The number of ether oxygens (including phenoxy) is 1. The lowest BCUT2D eigenvalue weighted by molar-refractivity contribution is -0.193. The fourth-order valence-electron chi connectivity index (χ4n) is 11.4. The van der Waals surface area contributed by atoms with Gasteiger partial charge in [0.25, 0.3) is 0 Å². The van der Waals surface area contributed by atoms with E-state index >= 15 is 0 Å². The Kier molecular flexibility index (Phi) is 5.57. The summed E-state index contributed by atoms with van der Waals surface area (Å²) in [4.78, 5) is 11.9. The van der Waals surface area contributed by atoms with E-state index in [0.29, 0.717) is 33.5 Å². The zero-order valence-corrected chi connectivity index (χ0v) is 23.7. The van der Waals surface area contributed by atoms with Crippen molar-refractivity contribution in [2.24, 2.45) is 56.7 Å². The standard InChI is InChI=1S/C32H52O2/c1-20-12-15-29(6)18-19-31(8)24-10-11-25-28(4,5)26(34-22(3)33)14-16-30(25,7)23(24)13-17-32(31,9)27(29)21(20)2/h10,20-21,23,25-27H,11-19H2,1-9H3/t20-,21+,23+,25+,26+,27-,29-,30-,31-,32+/m0/s1. The van der Waals surface area contributed by atoms with Gasteiger partial charge in [-0.2, -0.15) is 0 Å². The average molecular weight is 469 g/mol. The van der Waals surface area contributed by atoms with Gasteiger partial charge in [0.1, 0.15) is 6.10 Å². The highest BCUT2D eigenvalue weighted by molar-refractivity contribution is 5.66. The largest absolute Gasteiger partial charge is 0.462 e. The summed E-state index contributed by atoms with van der Waals surface area (Å²) in [5.74, 6) is 3.69. The molecular formula is C32H52O2. The average Bonchev–Trinajstić information content (AvgIpc) is 2.74. The zero-order valence-electron chi connectivity index (χ0n) is 23.7. The van der Waals surface area contributed by atoms with Crippen molar-refractivity contribution in [2.45, 2.75) is 126 Å². The van der Waals surface area contributed by atoms with Gasteiger partial charge in [0, 0.05) is 12.3 Å². The number of fused-ring (bicyclic) bond motifs is 7. The molecule has 0 aromatic rings. The van der Waals surface area contributed by atoms with Crippen LogP contribution in [0.4, 0.5) is 0 Å². The molecule has 2 nitrogen and oxygen atoms in total. The Morgan fingerprint density at radius 1 is 0.912 bits per heavy atom. The Balaban J connectivity index is 1.54. The van der Waals surface area contributed by atoms with Crippen molar-refractivity contribution in [2.75, 3.05) is 0 Å². The van der Waals surface area contributed by atoms with Crippen LogP contribution in [0.25, 0.3) is 0 Å². The smallest absolute Gasteiger partial charge is 0.302 e. The van der Waals surface area contributed by atoms with Crippen molar-refractivity contribution < 1.29 is 9.53 Å². The summed E-state index contributed by atoms with van der Waals surface area (Å²) in [6.07, 6.45) is 14.5. The lowest BCUT2D eigenvalue weighted by Crippen LogP contribution is -2.64. The Hall–Kier alpha value is -0.790. The van der Waals surface area contributed by atoms with Crippen LogP contribution in [0.5, 0.6) is 0 Å². The quantitative estimate of drug-likeness (QED) is 0.284. The van der Waals surface area contributed by atoms with Gasteiger partial charge in [0.15, 0.2) is 0 Å². The van der Waals surface area contributed by atoms with Crippen LogP contribution in [0.15, 0.2) is 11.6 Å². The zero-order chi connectivity index (χ0) is 24.9. The molecule has 0 bridgehead atoms. The molecule has 0 amide bonds. The van der Waals surface area contributed by atoms with Crippen LogP contribution in [0, 0.1) is 56.7 Å². The fourth-order valence-corrected chi connectivity index (χ4v) is 11.4. The Labute approximate surface area is 210 Å². The van der Waals surface area contributed by atoms with Gasteiger partial charge in [-0.3, -0.25) is 4.79 Å². The molecule has 192 valence electrons. The molecular weight excluding hydrogens is 416 g/mol. The maximum atomic E-state index is 11.9. The van der Waals surface area contributed by atoms with Crippen LogP contribution in [0.3, 0.4) is 0 Å². The summed E-state index contributed by atoms with van der Waals surface area (Å²) in [7, 11) is 0. The van der Waals surface area contributed by atoms with Gasteiger partial charge in [0.05, 0.1) is 0 Å². The molecule has 4 saturated carbocycles. The summed E-state index contributed by atoms with van der Waals surface area (Å²) in [6.45, 7) is 22.2. The topological polar surface area (TPSA) is 26.3 Å². The first kappa shape index (κ1) is 24.9. The Morgan fingerprint density at radius 3 is 2.29 bits per heavy atom. The lowest BCUT2D eigenvalue weighted by atomic mass is 9.33. The molecule has 0 aliphatic heterocycles. The van der Waals surface area contributed by atoms with E-state index < -0.39 is 0 Å². The number of hydrogen-bond acceptors (Lipinski definition) is 2. The third-order valence-electron chi connectivity index (χ3n) is 13.6. The van der Waals surface area contributed by atoms with E-state index in [4.69, 9.17) is 4.74 Å². The minimum absolute atomic E-state index is 0.0286. The highest BCUT2D eigenvalue weighted by Crippen LogP contribution is 2.75. The molecule has 5 aliphatic carbocycles. The van der Waals surface area contributed by atoms with Gasteiger partial charge in [-0.25, -0.2) is 0 Å². The normalized spacial score (nSPS) is 54.0. The Morgan fingerprint density at radius 2 is 1.62 bits per heavy atom. The summed E-state index contributed by atoms with van der Waals surface area (Å²) in [5, 5.41) is 0. The molecule has 0 spiro atoms. The molecule has 34 heavy (non-hydrogen) atoms. The van der Waals surface area contributed by atoms with E-state index in [9.17, 15) is 4.79 Å². The molecule has 10 atom stereocenters. The monoisotopic (exact) mass is 468 g/mol. The second-order valence-corrected chi connectivity index (χ2v) is 15.3. The third-order valence-corrected chi connectivity index (χ3v) is 13.6. The first-order chi connectivity index (χ1) is 15.7. The van der Waals surface area contributed by atoms with Crippen LogP contribution < -0.4 is 0 Å². The fraction of sp³-hybridized carbons (Fsp3) is 0.906. The molecule has 0 heterocycles. The van der Waals surface area contributed by atoms with Crippen LogP contribution in [0.2, 0.25) is 0 Å². The first-order valence-electron chi connectivity index (χ1n) is 14.6. The maximum Gasteiger partial charge on any atom is 0.302 e. The highest BCUT2D eigenvalue weighted by Gasteiger charge is 2.68. The molecule has 0 aromatic heterocycles. The van der Waals surface area contributed by atoms with Crippen molar-refractivity contribution >= 4 is 5.97 Å². The molecule has 0 unspecified atom stereocenters.